The second-order valence-electron chi connectivity index (χ2n) is 5.95. The van der Waals surface area contributed by atoms with Crippen molar-refractivity contribution in [2.45, 2.75) is 39.3 Å². The zero-order chi connectivity index (χ0) is 14.2. The summed E-state index contributed by atoms with van der Waals surface area (Å²) in [7, 11) is 1.41. The Balaban J connectivity index is 2.46. The summed E-state index contributed by atoms with van der Waals surface area (Å²) < 4.78 is 4.79. The third kappa shape index (κ3) is 2.67. The Bertz CT molecular complexity index is 495. The molecule has 0 amide bonds. The number of esters is 1. The smallest absolute Gasteiger partial charge is 0.337 e. The number of methoxy groups -OCH3 is 1. The minimum absolute atomic E-state index is 0.0179. The van der Waals surface area contributed by atoms with Crippen LogP contribution in [0.2, 0.25) is 0 Å². The van der Waals surface area contributed by atoms with Crippen LogP contribution in [-0.4, -0.2) is 31.2 Å². The topological polar surface area (TPSA) is 41.6 Å². The fourth-order valence-corrected chi connectivity index (χ4v) is 2.50. The number of rotatable bonds is 2. The molecule has 4 heteroatoms. The number of hydrogen-bond donors (Lipinski definition) is 1. The van der Waals surface area contributed by atoms with Crippen molar-refractivity contribution >= 4 is 17.3 Å². The summed E-state index contributed by atoms with van der Waals surface area (Å²) in [5, 5.41) is 3.51. The number of fused-ring (bicyclic) bond motifs is 1. The van der Waals surface area contributed by atoms with Crippen LogP contribution >= 0.6 is 0 Å². The molecule has 1 aliphatic rings. The second-order valence-corrected chi connectivity index (χ2v) is 5.95. The zero-order valence-electron chi connectivity index (χ0n) is 12.3. The summed E-state index contributed by atoms with van der Waals surface area (Å²) in [6.45, 7) is 9.59. The maximum absolute atomic E-state index is 11.6. The van der Waals surface area contributed by atoms with E-state index in [0.29, 0.717) is 11.6 Å². The molecule has 0 spiro atoms. The van der Waals surface area contributed by atoms with E-state index in [1.54, 1.807) is 6.07 Å². The first kappa shape index (κ1) is 13.7. The highest BCUT2D eigenvalue weighted by atomic mass is 16.5. The van der Waals surface area contributed by atoms with Gasteiger partial charge in [0.2, 0.25) is 0 Å². The highest BCUT2D eigenvalue weighted by molar-refractivity contribution is 5.92. The van der Waals surface area contributed by atoms with Gasteiger partial charge in [-0.25, -0.2) is 4.79 Å². The van der Waals surface area contributed by atoms with Gasteiger partial charge in [-0.3, -0.25) is 0 Å². The molecule has 0 unspecified atom stereocenters. The molecule has 1 aromatic carbocycles. The average Bonchev–Trinajstić information content (AvgIpc) is 2.35. The molecule has 2 rings (SSSR count). The zero-order valence-corrected chi connectivity index (χ0v) is 12.3. The van der Waals surface area contributed by atoms with Gasteiger partial charge in [0, 0.05) is 18.1 Å². The Morgan fingerprint density at radius 3 is 2.68 bits per heavy atom. The Hall–Kier alpha value is -1.71. The van der Waals surface area contributed by atoms with E-state index in [9.17, 15) is 4.79 Å². The highest BCUT2D eigenvalue weighted by Crippen LogP contribution is 2.36. The molecule has 0 saturated carbocycles. The lowest BCUT2D eigenvalue weighted by molar-refractivity contribution is 0.0601. The molecule has 0 atom stereocenters. The van der Waals surface area contributed by atoms with E-state index < -0.39 is 0 Å². The minimum Gasteiger partial charge on any atom is -0.465 e. The fourth-order valence-electron chi connectivity index (χ4n) is 2.50. The van der Waals surface area contributed by atoms with Gasteiger partial charge in [-0.2, -0.15) is 0 Å². The Kier molecular flexibility index (Phi) is 3.43. The van der Waals surface area contributed by atoms with Gasteiger partial charge in [-0.15, -0.1) is 0 Å². The SMILES string of the molecule is COC(=O)c1ccc2c(c1)N(C(C)C)CC(C)(C)N2. The van der Waals surface area contributed by atoms with E-state index in [1.165, 1.54) is 7.11 Å². The fraction of sp³-hybridized carbons (Fsp3) is 0.533. The molecule has 4 nitrogen and oxygen atoms in total. The molecule has 0 bridgehead atoms. The van der Waals surface area contributed by atoms with Gasteiger partial charge in [0.25, 0.3) is 0 Å². The lowest BCUT2D eigenvalue weighted by Crippen LogP contribution is -2.50. The average molecular weight is 262 g/mol. The number of anilines is 2. The van der Waals surface area contributed by atoms with Crippen LogP contribution in [0.3, 0.4) is 0 Å². The van der Waals surface area contributed by atoms with Gasteiger partial charge < -0.3 is 15.0 Å². The maximum atomic E-state index is 11.6. The van der Waals surface area contributed by atoms with Crippen molar-refractivity contribution < 1.29 is 9.53 Å². The van der Waals surface area contributed by atoms with Crippen LogP contribution in [-0.2, 0) is 4.74 Å². The lowest BCUT2D eigenvalue weighted by Gasteiger charge is -2.44. The summed E-state index contributed by atoms with van der Waals surface area (Å²) in [6, 6.07) is 6.05. The maximum Gasteiger partial charge on any atom is 0.337 e. The van der Waals surface area contributed by atoms with E-state index in [1.807, 2.05) is 12.1 Å². The Labute approximate surface area is 114 Å². The molecular weight excluding hydrogens is 240 g/mol. The van der Waals surface area contributed by atoms with Crippen molar-refractivity contribution in [2.24, 2.45) is 0 Å². The summed E-state index contributed by atoms with van der Waals surface area (Å²) in [4.78, 5) is 14.0. The predicted molar refractivity (Wildman–Crippen MR) is 78.0 cm³/mol. The van der Waals surface area contributed by atoms with Crippen LogP contribution < -0.4 is 10.2 Å². The van der Waals surface area contributed by atoms with Gasteiger partial charge in [-0.05, 0) is 45.9 Å². The molecule has 1 N–H and O–H groups in total. The molecule has 0 aromatic heterocycles. The van der Waals surface area contributed by atoms with Gasteiger partial charge in [0.15, 0.2) is 0 Å². The summed E-state index contributed by atoms with van der Waals surface area (Å²) in [6.07, 6.45) is 0. The molecule has 1 aromatic rings. The first-order valence-electron chi connectivity index (χ1n) is 6.61. The van der Waals surface area contributed by atoms with Crippen LogP contribution in [0.5, 0.6) is 0 Å². The van der Waals surface area contributed by atoms with E-state index in [4.69, 9.17) is 4.74 Å². The number of nitrogens with zero attached hydrogens (tertiary/aromatic N) is 1. The Morgan fingerprint density at radius 1 is 1.42 bits per heavy atom. The standard InChI is InChI=1S/C15H22N2O2/c1-10(2)17-9-15(3,4)16-12-7-6-11(8-13(12)17)14(18)19-5/h6-8,10,16H,9H2,1-5H3. The van der Waals surface area contributed by atoms with Crippen molar-refractivity contribution in [3.8, 4) is 0 Å². The Morgan fingerprint density at radius 2 is 2.11 bits per heavy atom. The molecule has 0 radical (unpaired) electrons. The molecule has 104 valence electrons. The number of hydrogen-bond acceptors (Lipinski definition) is 4. The number of benzene rings is 1. The van der Waals surface area contributed by atoms with Gasteiger partial charge in [0.1, 0.15) is 0 Å². The predicted octanol–water partition coefficient (Wildman–Crippen LogP) is 2.89. The molecule has 0 fully saturated rings. The largest absolute Gasteiger partial charge is 0.465 e. The van der Waals surface area contributed by atoms with Crippen molar-refractivity contribution in [3.63, 3.8) is 0 Å². The number of carbonyl (C=O) groups is 1. The van der Waals surface area contributed by atoms with Crippen molar-refractivity contribution in [3.05, 3.63) is 23.8 Å². The molecule has 19 heavy (non-hydrogen) atoms. The number of carbonyl (C=O) groups excluding carboxylic acids is 1. The van der Waals surface area contributed by atoms with Crippen LogP contribution in [0.4, 0.5) is 11.4 Å². The highest BCUT2D eigenvalue weighted by Gasteiger charge is 2.31. The summed E-state index contributed by atoms with van der Waals surface area (Å²) in [5.41, 5.74) is 2.74. The van der Waals surface area contributed by atoms with Gasteiger partial charge >= 0.3 is 5.97 Å². The van der Waals surface area contributed by atoms with Crippen molar-refractivity contribution in [1.29, 1.82) is 0 Å². The third-order valence-corrected chi connectivity index (χ3v) is 3.39. The monoisotopic (exact) mass is 262 g/mol. The second kappa shape index (κ2) is 4.76. The molecule has 1 aliphatic heterocycles. The summed E-state index contributed by atoms with van der Waals surface area (Å²) in [5.74, 6) is -0.295. The van der Waals surface area contributed by atoms with Crippen LogP contribution in [0.1, 0.15) is 38.1 Å². The van der Waals surface area contributed by atoms with E-state index in [-0.39, 0.29) is 11.5 Å². The van der Waals surface area contributed by atoms with Crippen molar-refractivity contribution in [2.75, 3.05) is 23.9 Å². The molecule has 0 aliphatic carbocycles. The van der Waals surface area contributed by atoms with Crippen LogP contribution in [0.15, 0.2) is 18.2 Å². The van der Waals surface area contributed by atoms with E-state index in [2.05, 4.69) is 37.9 Å². The molecular formula is C15H22N2O2. The van der Waals surface area contributed by atoms with Crippen LogP contribution in [0, 0.1) is 0 Å². The molecule has 0 saturated heterocycles. The summed E-state index contributed by atoms with van der Waals surface area (Å²) >= 11 is 0. The third-order valence-electron chi connectivity index (χ3n) is 3.39. The first-order valence-corrected chi connectivity index (χ1v) is 6.61. The van der Waals surface area contributed by atoms with E-state index >= 15 is 0 Å². The minimum atomic E-state index is -0.295. The molecule has 1 heterocycles. The van der Waals surface area contributed by atoms with Crippen LogP contribution in [0.25, 0.3) is 0 Å². The number of ether oxygens (including phenoxy) is 1. The van der Waals surface area contributed by atoms with E-state index in [0.717, 1.165) is 17.9 Å². The quantitative estimate of drug-likeness (QED) is 0.832. The van der Waals surface area contributed by atoms with Gasteiger partial charge in [0.05, 0.1) is 24.0 Å². The first-order chi connectivity index (χ1) is 8.84. The van der Waals surface area contributed by atoms with Gasteiger partial charge in [-0.1, -0.05) is 0 Å². The number of nitrogens with one attached hydrogen (secondary N) is 1. The lowest BCUT2D eigenvalue weighted by atomic mass is 9.97. The normalized spacial score (nSPS) is 16.8. The van der Waals surface area contributed by atoms with Crippen molar-refractivity contribution in [1.82, 2.24) is 0 Å².